The summed E-state index contributed by atoms with van der Waals surface area (Å²) in [6.07, 6.45) is 39.2. The lowest BCUT2D eigenvalue weighted by Gasteiger charge is -2.08. The number of carboxylic acid groups (broad SMARTS) is 1. The van der Waals surface area contributed by atoms with Crippen LogP contribution in [0.5, 0.6) is 0 Å². The summed E-state index contributed by atoms with van der Waals surface area (Å²) in [5.74, 6) is -0.929. The molecule has 0 aliphatic carbocycles. The molecule has 0 radical (unpaired) electrons. The summed E-state index contributed by atoms with van der Waals surface area (Å²) >= 11 is 0. The molecule has 6 nitrogen and oxygen atoms in total. The van der Waals surface area contributed by atoms with Gasteiger partial charge in [0, 0.05) is 12.8 Å². The van der Waals surface area contributed by atoms with Crippen molar-refractivity contribution in [3.8, 4) is 0 Å². The van der Waals surface area contributed by atoms with E-state index in [0.717, 1.165) is 25.7 Å². The van der Waals surface area contributed by atoms with Crippen molar-refractivity contribution in [2.45, 2.75) is 225 Å². The molecule has 0 heterocycles. The van der Waals surface area contributed by atoms with Crippen LogP contribution in [-0.2, 0) is 14.3 Å². The minimum Gasteiger partial charge on any atom is -0.481 e. The molecule has 0 aromatic heterocycles. The van der Waals surface area contributed by atoms with Crippen LogP contribution in [0, 0.1) is 0 Å². The molecule has 0 saturated heterocycles. The first-order chi connectivity index (χ1) is 22.0. The molecule has 0 aliphatic heterocycles. The Balaban J connectivity index is -0.000000806. The quantitative estimate of drug-likeness (QED) is 0.0353. The van der Waals surface area contributed by atoms with Gasteiger partial charge in [0.05, 0.1) is 6.61 Å². The molecule has 0 aromatic rings. The van der Waals surface area contributed by atoms with E-state index in [1.54, 1.807) is 0 Å². The first-order valence-electron chi connectivity index (χ1n) is 19.6. The van der Waals surface area contributed by atoms with Crippen LogP contribution in [0.2, 0.25) is 0 Å². The molecule has 0 spiro atoms. The molecule has 0 aliphatic rings. The fraction of sp³-hybridized carbons (Fsp3) is 0.949. The molecule has 274 valence electrons. The number of hydrogen-bond acceptors (Lipinski definition) is 5. The van der Waals surface area contributed by atoms with E-state index in [2.05, 4.69) is 13.8 Å². The maximum Gasteiger partial charge on any atom is 0.316 e. The van der Waals surface area contributed by atoms with Crippen LogP contribution < -0.4 is 0 Å². The van der Waals surface area contributed by atoms with Crippen molar-refractivity contribution < 1.29 is 29.6 Å². The summed E-state index contributed by atoms with van der Waals surface area (Å²) in [4.78, 5) is 21.7. The van der Waals surface area contributed by atoms with Gasteiger partial charge in [0.2, 0.25) is 0 Å². The largest absolute Gasteiger partial charge is 0.481 e. The highest BCUT2D eigenvalue weighted by atomic mass is 24.3. The highest BCUT2D eigenvalue weighted by Crippen LogP contribution is 2.15. The Hall–Kier alpha value is -0.374. The molecule has 1 atom stereocenters. The number of hydrogen-bond donors (Lipinski definition) is 3. The van der Waals surface area contributed by atoms with Crippen molar-refractivity contribution in [3.63, 3.8) is 0 Å². The molecule has 0 saturated carbocycles. The van der Waals surface area contributed by atoms with Crippen LogP contribution in [0.15, 0.2) is 0 Å². The Morgan fingerprint density at radius 2 is 0.739 bits per heavy atom. The molecule has 46 heavy (non-hydrogen) atoms. The molecule has 0 amide bonds. The van der Waals surface area contributed by atoms with E-state index in [-0.39, 0.29) is 42.2 Å². The van der Waals surface area contributed by atoms with Crippen molar-refractivity contribution in [3.05, 3.63) is 0 Å². The van der Waals surface area contributed by atoms with Crippen molar-refractivity contribution >= 4 is 35.0 Å². The van der Waals surface area contributed by atoms with Gasteiger partial charge >= 0.3 is 35.0 Å². The Labute approximate surface area is 302 Å². The van der Waals surface area contributed by atoms with Crippen molar-refractivity contribution in [1.29, 1.82) is 0 Å². The van der Waals surface area contributed by atoms with Crippen LogP contribution >= 0.6 is 0 Å². The summed E-state index contributed by atoms with van der Waals surface area (Å²) in [6.45, 7) is 4.06. The van der Waals surface area contributed by atoms with Gasteiger partial charge in [-0.2, -0.15) is 0 Å². The van der Waals surface area contributed by atoms with Gasteiger partial charge in [0.1, 0.15) is 12.7 Å². The first-order valence-corrected chi connectivity index (χ1v) is 19.6. The number of carbonyl (C=O) groups excluding carboxylic acids is 1. The van der Waals surface area contributed by atoms with E-state index in [1.165, 1.54) is 167 Å². The van der Waals surface area contributed by atoms with Crippen LogP contribution in [0.25, 0.3) is 0 Å². The number of unbranched alkanes of at least 4 members (excludes halogenated alkanes) is 28. The van der Waals surface area contributed by atoms with Gasteiger partial charge in [-0.1, -0.05) is 194 Å². The Morgan fingerprint density at radius 1 is 0.478 bits per heavy atom. The minimum atomic E-state index is -0.954. The van der Waals surface area contributed by atoms with Crippen molar-refractivity contribution in [2.75, 3.05) is 13.2 Å². The lowest BCUT2D eigenvalue weighted by atomic mass is 10.0. The maximum atomic E-state index is 11.4. The Kier molecular flexibility index (Phi) is 48.5. The number of aliphatic hydroxyl groups is 2. The van der Waals surface area contributed by atoms with E-state index in [1.807, 2.05) is 0 Å². The summed E-state index contributed by atoms with van der Waals surface area (Å²) in [5.41, 5.74) is 0. The molecule has 0 aromatic carbocycles. The third-order valence-electron chi connectivity index (χ3n) is 8.63. The van der Waals surface area contributed by atoms with Gasteiger partial charge in [-0.25, -0.2) is 0 Å². The fourth-order valence-electron chi connectivity index (χ4n) is 5.60. The van der Waals surface area contributed by atoms with Crippen molar-refractivity contribution in [1.82, 2.24) is 0 Å². The Bertz CT molecular complexity index is 589. The predicted molar refractivity (Wildman–Crippen MR) is 199 cm³/mol. The second-order valence-corrected chi connectivity index (χ2v) is 13.3. The molecule has 3 N–H and O–H groups in total. The third-order valence-corrected chi connectivity index (χ3v) is 8.63. The topological polar surface area (TPSA) is 104 Å². The SMILES string of the molecule is CCCCCCCCCCCCCCCCCC(=O)O.CCCCCCCCCCCCCCCCCC(=O)OCC(O)CO.[MgH2]. The van der Waals surface area contributed by atoms with Gasteiger partial charge in [0.25, 0.3) is 0 Å². The number of aliphatic carboxylic acids is 1. The molecule has 0 fully saturated rings. The molecule has 0 rings (SSSR count). The van der Waals surface area contributed by atoms with Crippen LogP contribution in [0.1, 0.15) is 219 Å². The molecular weight excluding hydrogens is 589 g/mol. The lowest BCUT2D eigenvalue weighted by molar-refractivity contribution is -0.147. The number of carbonyl (C=O) groups is 2. The van der Waals surface area contributed by atoms with Crippen molar-refractivity contribution in [2.24, 2.45) is 0 Å². The van der Waals surface area contributed by atoms with E-state index < -0.39 is 12.1 Å². The maximum absolute atomic E-state index is 11.4. The number of rotatable bonds is 35. The van der Waals surface area contributed by atoms with Gasteiger partial charge < -0.3 is 20.1 Å². The van der Waals surface area contributed by atoms with Gasteiger partial charge in [-0.05, 0) is 12.8 Å². The zero-order chi connectivity index (χ0) is 33.5. The standard InChI is InChI=1S/C21H42O4.C18H36O2.Mg.2H/c1-2-3-4-5-6-7-8-9-10-11-12-13-14-15-16-17-21(24)25-19-20(23)18-22;1-2-3-4-5-6-7-8-9-10-11-12-13-14-15-16-17-18(19)20;;;/h20,22-23H,2-19H2,1H3;2-17H2,1H3,(H,19,20);;;. The number of aliphatic hydroxyl groups excluding tert-OH is 2. The zero-order valence-corrected chi connectivity index (χ0v) is 30.2. The normalized spacial score (nSPS) is 11.4. The van der Waals surface area contributed by atoms with Gasteiger partial charge in [0.15, 0.2) is 0 Å². The predicted octanol–water partition coefficient (Wildman–Crippen LogP) is 10.6. The number of ether oxygens (including phenoxy) is 1. The average molecular weight is 669 g/mol. The average Bonchev–Trinajstić information content (AvgIpc) is 3.03. The smallest absolute Gasteiger partial charge is 0.316 e. The molecule has 1 unspecified atom stereocenters. The number of carboxylic acids is 1. The second kappa shape index (κ2) is 44.6. The van der Waals surface area contributed by atoms with Crippen LogP contribution in [0.3, 0.4) is 0 Å². The monoisotopic (exact) mass is 669 g/mol. The zero-order valence-electron chi connectivity index (χ0n) is 30.2. The Morgan fingerprint density at radius 3 is 1.00 bits per heavy atom. The third kappa shape index (κ3) is 48.0. The van der Waals surface area contributed by atoms with Gasteiger partial charge in [-0.3, -0.25) is 9.59 Å². The summed E-state index contributed by atoms with van der Waals surface area (Å²) in [6, 6.07) is 0. The second-order valence-electron chi connectivity index (χ2n) is 13.3. The highest BCUT2D eigenvalue weighted by Gasteiger charge is 2.07. The van der Waals surface area contributed by atoms with E-state index in [0.29, 0.717) is 12.8 Å². The van der Waals surface area contributed by atoms with E-state index in [9.17, 15) is 9.59 Å². The minimum absolute atomic E-state index is 0. The molecule has 0 bridgehead atoms. The summed E-state index contributed by atoms with van der Waals surface area (Å²) < 4.78 is 4.86. The molecule has 7 heteroatoms. The fourth-order valence-corrected chi connectivity index (χ4v) is 5.60. The van der Waals surface area contributed by atoms with E-state index in [4.69, 9.17) is 20.1 Å². The van der Waals surface area contributed by atoms with E-state index >= 15 is 0 Å². The summed E-state index contributed by atoms with van der Waals surface area (Å²) in [5, 5.41) is 26.2. The molecular formula is C39H80MgO6. The number of esters is 1. The van der Waals surface area contributed by atoms with Gasteiger partial charge in [-0.15, -0.1) is 0 Å². The van der Waals surface area contributed by atoms with Crippen LogP contribution in [0.4, 0.5) is 0 Å². The first kappa shape index (κ1) is 50.0. The highest BCUT2D eigenvalue weighted by molar-refractivity contribution is 5.75. The lowest BCUT2D eigenvalue weighted by Crippen LogP contribution is -2.21. The van der Waals surface area contributed by atoms with Crippen LogP contribution in [-0.4, -0.2) is 69.6 Å². The summed E-state index contributed by atoms with van der Waals surface area (Å²) in [7, 11) is 0.